The summed E-state index contributed by atoms with van der Waals surface area (Å²) in [6.45, 7) is 1.83. The van der Waals surface area contributed by atoms with Crippen molar-refractivity contribution >= 4 is 6.09 Å². The Kier molecular flexibility index (Phi) is 5.34. The lowest BCUT2D eigenvalue weighted by Crippen LogP contribution is -2.26. The third-order valence-corrected chi connectivity index (χ3v) is 4.76. The minimum Gasteiger partial charge on any atom is -0.448 e. The molecule has 1 aliphatic heterocycles. The summed E-state index contributed by atoms with van der Waals surface area (Å²) >= 11 is 0. The van der Waals surface area contributed by atoms with Crippen LogP contribution in [-0.4, -0.2) is 44.0 Å². The molecule has 1 aromatic heterocycles. The molecule has 7 heteroatoms. The van der Waals surface area contributed by atoms with Gasteiger partial charge in [-0.2, -0.15) is 5.10 Å². The number of hydrogen-bond donors (Lipinski definition) is 1. The van der Waals surface area contributed by atoms with E-state index in [1.807, 2.05) is 48.5 Å². The van der Waals surface area contributed by atoms with E-state index in [4.69, 9.17) is 4.74 Å². The average molecular weight is 378 g/mol. The van der Waals surface area contributed by atoms with Crippen molar-refractivity contribution in [2.45, 2.75) is 25.6 Å². The summed E-state index contributed by atoms with van der Waals surface area (Å²) in [4.78, 5) is 18.0. The second kappa shape index (κ2) is 8.22. The van der Waals surface area contributed by atoms with E-state index in [1.54, 1.807) is 9.58 Å². The van der Waals surface area contributed by atoms with Crippen LogP contribution in [0.2, 0.25) is 0 Å². The van der Waals surface area contributed by atoms with Gasteiger partial charge in [0.15, 0.2) is 5.82 Å². The van der Waals surface area contributed by atoms with Crippen LogP contribution in [0.25, 0.3) is 0 Å². The van der Waals surface area contributed by atoms with E-state index in [2.05, 4.69) is 22.2 Å². The van der Waals surface area contributed by atoms with Crippen molar-refractivity contribution in [1.82, 2.24) is 19.7 Å². The lowest BCUT2D eigenvalue weighted by molar-refractivity contribution is 0.156. The molecule has 0 bridgehead atoms. The molecule has 1 amide bonds. The van der Waals surface area contributed by atoms with Gasteiger partial charge in [0.25, 0.3) is 0 Å². The standard InChI is InChI=1S/C21H22N4O3/c26-19(17-9-5-2-6-10-17)20-22-18(15-24-13-14-28-21(24)27)25(23-20)12-11-16-7-3-1-4-8-16/h1-10,19,26H,11-15H2. The Labute approximate surface area is 163 Å². The third-order valence-electron chi connectivity index (χ3n) is 4.76. The molecule has 3 aromatic rings. The van der Waals surface area contributed by atoms with E-state index < -0.39 is 6.10 Å². The second-order valence-corrected chi connectivity index (χ2v) is 6.69. The first-order valence-electron chi connectivity index (χ1n) is 9.33. The number of benzene rings is 2. The highest BCUT2D eigenvalue weighted by atomic mass is 16.6. The Balaban J connectivity index is 1.58. The predicted molar refractivity (Wildman–Crippen MR) is 102 cm³/mol. The molecule has 1 saturated heterocycles. The summed E-state index contributed by atoms with van der Waals surface area (Å²) in [6, 6.07) is 19.4. The number of ether oxygens (including phenoxy) is 1. The molecule has 1 fully saturated rings. The van der Waals surface area contributed by atoms with Gasteiger partial charge in [0, 0.05) is 6.54 Å². The molecule has 0 saturated carbocycles. The van der Waals surface area contributed by atoms with Gasteiger partial charge in [-0.05, 0) is 17.5 Å². The Bertz CT molecular complexity index is 927. The lowest BCUT2D eigenvalue weighted by Gasteiger charge is -2.12. The molecule has 2 aromatic carbocycles. The Hall–Kier alpha value is -3.19. The fourth-order valence-corrected chi connectivity index (χ4v) is 3.21. The van der Waals surface area contributed by atoms with Crippen LogP contribution < -0.4 is 0 Å². The van der Waals surface area contributed by atoms with Gasteiger partial charge in [-0.1, -0.05) is 60.7 Å². The number of aromatic nitrogens is 3. The Morgan fingerprint density at radius 2 is 1.79 bits per heavy atom. The fourth-order valence-electron chi connectivity index (χ4n) is 3.21. The van der Waals surface area contributed by atoms with E-state index in [1.165, 1.54) is 5.56 Å². The summed E-state index contributed by atoms with van der Waals surface area (Å²) in [5, 5.41) is 15.2. The minimum atomic E-state index is -0.913. The van der Waals surface area contributed by atoms with Crippen molar-refractivity contribution < 1.29 is 14.6 Å². The first-order valence-corrected chi connectivity index (χ1v) is 9.33. The summed E-state index contributed by atoms with van der Waals surface area (Å²) in [5.41, 5.74) is 1.92. The van der Waals surface area contributed by atoms with Crippen molar-refractivity contribution in [3.8, 4) is 0 Å². The largest absolute Gasteiger partial charge is 0.448 e. The van der Waals surface area contributed by atoms with Crippen LogP contribution in [0.4, 0.5) is 4.79 Å². The van der Waals surface area contributed by atoms with Gasteiger partial charge >= 0.3 is 6.09 Å². The van der Waals surface area contributed by atoms with Crippen molar-refractivity contribution in [3.63, 3.8) is 0 Å². The van der Waals surface area contributed by atoms with Gasteiger partial charge in [0.05, 0.1) is 13.1 Å². The maximum absolute atomic E-state index is 11.8. The third kappa shape index (κ3) is 4.04. The Morgan fingerprint density at radius 1 is 1.07 bits per heavy atom. The molecule has 7 nitrogen and oxygen atoms in total. The number of carbonyl (C=O) groups is 1. The molecule has 28 heavy (non-hydrogen) atoms. The van der Waals surface area contributed by atoms with Gasteiger partial charge in [0.1, 0.15) is 18.5 Å². The van der Waals surface area contributed by atoms with E-state index in [9.17, 15) is 9.90 Å². The van der Waals surface area contributed by atoms with Crippen LogP contribution in [0, 0.1) is 0 Å². The number of rotatable bonds is 7. The number of nitrogens with zero attached hydrogens (tertiary/aromatic N) is 4. The van der Waals surface area contributed by atoms with E-state index in [-0.39, 0.29) is 6.09 Å². The van der Waals surface area contributed by atoms with Crippen molar-refractivity contribution in [2.75, 3.05) is 13.2 Å². The SMILES string of the molecule is O=C1OCCN1Cc1nc(C(O)c2ccccc2)nn1CCc1ccccc1. The molecule has 1 aliphatic rings. The zero-order chi connectivity index (χ0) is 19.3. The van der Waals surface area contributed by atoms with Gasteiger partial charge in [-0.3, -0.25) is 4.90 Å². The molecule has 0 spiro atoms. The number of carbonyl (C=O) groups excluding carboxylic acids is 1. The maximum Gasteiger partial charge on any atom is 0.410 e. The van der Waals surface area contributed by atoms with Gasteiger partial charge in [-0.15, -0.1) is 0 Å². The van der Waals surface area contributed by atoms with Crippen LogP contribution >= 0.6 is 0 Å². The molecule has 1 atom stereocenters. The molecular weight excluding hydrogens is 356 g/mol. The molecule has 144 valence electrons. The summed E-state index contributed by atoms with van der Waals surface area (Å²) in [5.74, 6) is 0.974. The molecule has 1 N–H and O–H groups in total. The highest BCUT2D eigenvalue weighted by molar-refractivity contribution is 5.69. The van der Waals surface area contributed by atoms with Crippen LogP contribution in [0.15, 0.2) is 60.7 Å². The summed E-state index contributed by atoms with van der Waals surface area (Å²) in [7, 11) is 0. The number of hydrogen-bond acceptors (Lipinski definition) is 5. The van der Waals surface area contributed by atoms with E-state index in [0.29, 0.717) is 37.9 Å². The van der Waals surface area contributed by atoms with Gasteiger partial charge < -0.3 is 9.84 Å². The fraction of sp³-hybridized carbons (Fsp3) is 0.286. The number of aliphatic hydroxyl groups excluding tert-OH is 1. The highest BCUT2D eigenvalue weighted by Gasteiger charge is 2.26. The van der Waals surface area contributed by atoms with Gasteiger partial charge in [0.2, 0.25) is 0 Å². The van der Waals surface area contributed by atoms with Crippen molar-refractivity contribution in [2.24, 2.45) is 0 Å². The molecule has 1 unspecified atom stereocenters. The van der Waals surface area contributed by atoms with E-state index in [0.717, 1.165) is 12.0 Å². The number of amides is 1. The maximum atomic E-state index is 11.8. The average Bonchev–Trinajstić information content (AvgIpc) is 3.34. The first kappa shape index (κ1) is 18.2. The predicted octanol–water partition coefficient (Wildman–Crippen LogP) is 2.55. The van der Waals surface area contributed by atoms with Crippen LogP contribution in [0.1, 0.15) is 28.9 Å². The molecule has 2 heterocycles. The number of aryl methyl sites for hydroxylation is 2. The molecule has 0 radical (unpaired) electrons. The normalized spacial score (nSPS) is 14.9. The quantitative estimate of drug-likeness (QED) is 0.683. The summed E-state index contributed by atoms with van der Waals surface area (Å²) in [6.07, 6.45) is -0.478. The number of aliphatic hydroxyl groups is 1. The van der Waals surface area contributed by atoms with Crippen LogP contribution in [0.5, 0.6) is 0 Å². The van der Waals surface area contributed by atoms with Gasteiger partial charge in [-0.25, -0.2) is 14.5 Å². The zero-order valence-corrected chi connectivity index (χ0v) is 15.4. The molecule has 4 rings (SSSR count). The van der Waals surface area contributed by atoms with E-state index >= 15 is 0 Å². The Morgan fingerprint density at radius 3 is 2.46 bits per heavy atom. The summed E-state index contributed by atoms with van der Waals surface area (Å²) < 4.78 is 6.79. The van der Waals surface area contributed by atoms with Crippen LogP contribution in [-0.2, 0) is 24.2 Å². The smallest absolute Gasteiger partial charge is 0.410 e. The van der Waals surface area contributed by atoms with Crippen molar-refractivity contribution in [1.29, 1.82) is 0 Å². The minimum absolute atomic E-state index is 0.308. The van der Waals surface area contributed by atoms with Crippen molar-refractivity contribution in [3.05, 3.63) is 83.4 Å². The molecule has 0 aliphatic carbocycles. The monoisotopic (exact) mass is 378 g/mol. The first-order chi connectivity index (χ1) is 13.7. The second-order valence-electron chi connectivity index (χ2n) is 6.69. The van der Waals surface area contributed by atoms with Crippen LogP contribution in [0.3, 0.4) is 0 Å². The molecular formula is C21H22N4O3. The highest BCUT2D eigenvalue weighted by Crippen LogP contribution is 2.20. The lowest BCUT2D eigenvalue weighted by atomic mass is 10.1. The topological polar surface area (TPSA) is 80.5 Å². The zero-order valence-electron chi connectivity index (χ0n) is 15.4. The number of cyclic esters (lactones) is 1.